The van der Waals surface area contributed by atoms with Crippen LogP contribution >= 0.6 is 15.9 Å². The lowest BCUT2D eigenvalue weighted by atomic mass is 9.86. The summed E-state index contributed by atoms with van der Waals surface area (Å²) in [6.45, 7) is 12.1. The van der Waals surface area contributed by atoms with Gasteiger partial charge < -0.3 is 14.5 Å². The van der Waals surface area contributed by atoms with Gasteiger partial charge in [0.2, 0.25) is 6.23 Å². The average Bonchev–Trinajstić information content (AvgIpc) is 3.66. The lowest BCUT2D eigenvalue weighted by Crippen LogP contribution is -2.27. The van der Waals surface area contributed by atoms with Crippen molar-refractivity contribution < 1.29 is 14.3 Å². The second-order valence-corrected chi connectivity index (χ2v) is 13.0. The molecule has 5 aromatic rings. The molecule has 1 aliphatic heterocycles. The summed E-state index contributed by atoms with van der Waals surface area (Å²) in [4.78, 5) is 25.4. The second-order valence-electron chi connectivity index (χ2n) is 12.2. The molecule has 0 bridgehead atoms. The highest BCUT2D eigenvalue weighted by Crippen LogP contribution is 2.43. The third kappa shape index (κ3) is 5.10. The third-order valence-electron chi connectivity index (χ3n) is 6.98. The molecule has 0 aliphatic carbocycles. The van der Waals surface area contributed by atoms with Gasteiger partial charge in [-0.15, -0.1) is 0 Å². The Kier molecular flexibility index (Phi) is 6.45. The molecule has 0 spiro atoms. The SMILES string of the molecule is CC(C)(C)OC(=O)n1cccc1-c1ncc(-c2ccc3c(c2)O[C@@H](c2ccc(C(C)(C)C)cc2)n2c(Br)cnc2-3)[nH]1. The second kappa shape index (κ2) is 9.76. The van der Waals surface area contributed by atoms with E-state index < -0.39 is 11.7 Å². The monoisotopic (exact) mass is 613 g/mol. The minimum atomic E-state index is -0.604. The van der Waals surface area contributed by atoms with E-state index in [2.05, 4.69) is 75.5 Å². The molecule has 4 heterocycles. The minimum absolute atomic E-state index is 0.0612. The molecule has 1 atom stereocenters. The number of fused-ring (bicyclic) bond motifs is 3. The molecule has 41 heavy (non-hydrogen) atoms. The Morgan fingerprint density at radius 2 is 1.76 bits per heavy atom. The van der Waals surface area contributed by atoms with Gasteiger partial charge in [-0.25, -0.2) is 19.3 Å². The van der Waals surface area contributed by atoms with Crippen molar-refractivity contribution >= 4 is 22.0 Å². The van der Waals surface area contributed by atoms with E-state index in [-0.39, 0.29) is 11.6 Å². The van der Waals surface area contributed by atoms with Gasteiger partial charge in [-0.1, -0.05) is 51.1 Å². The van der Waals surface area contributed by atoms with Crippen LogP contribution in [0.3, 0.4) is 0 Å². The summed E-state index contributed by atoms with van der Waals surface area (Å²) in [6, 6.07) is 18.2. The number of ether oxygens (including phenoxy) is 2. The smallest absolute Gasteiger partial charge is 0.419 e. The number of rotatable bonds is 3. The lowest BCUT2D eigenvalue weighted by Gasteiger charge is -2.30. The van der Waals surface area contributed by atoms with Gasteiger partial charge in [0.25, 0.3) is 0 Å². The molecular formula is C32H32BrN5O3. The van der Waals surface area contributed by atoms with E-state index >= 15 is 0 Å². The summed E-state index contributed by atoms with van der Waals surface area (Å²) < 4.78 is 16.6. The Balaban J connectivity index is 1.33. The van der Waals surface area contributed by atoms with Crippen LogP contribution in [0.4, 0.5) is 4.79 Å². The highest BCUT2D eigenvalue weighted by molar-refractivity contribution is 9.10. The number of H-pyrrole nitrogens is 1. The van der Waals surface area contributed by atoms with Crippen LogP contribution in [0.2, 0.25) is 0 Å². The molecule has 2 aromatic carbocycles. The summed E-state index contributed by atoms with van der Waals surface area (Å²) in [7, 11) is 0. The quantitative estimate of drug-likeness (QED) is 0.222. The molecule has 8 nitrogen and oxygen atoms in total. The molecule has 210 valence electrons. The number of nitrogens with zero attached hydrogens (tertiary/aromatic N) is 4. The number of halogens is 1. The zero-order valence-electron chi connectivity index (χ0n) is 23.9. The van der Waals surface area contributed by atoms with Gasteiger partial charge in [0.15, 0.2) is 5.82 Å². The summed E-state index contributed by atoms with van der Waals surface area (Å²) in [5.41, 5.74) is 4.96. The number of aromatic nitrogens is 5. The number of hydrogen-bond donors (Lipinski definition) is 1. The number of imidazole rings is 2. The number of hydrogen-bond acceptors (Lipinski definition) is 5. The van der Waals surface area contributed by atoms with E-state index in [0.29, 0.717) is 11.5 Å². The van der Waals surface area contributed by atoms with Gasteiger partial charge in [0.05, 0.1) is 29.3 Å². The number of aromatic amines is 1. The largest absolute Gasteiger partial charge is 0.465 e. The maximum absolute atomic E-state index is 12.7. The van der Waals surface area contributed by atoms with Crippen molar-refractivity contribution in [3.8, 4) is 39.9 Å². The highest BCUT2D eigenvalue weighted by Gasteiger charge is 2.30. The molecule has 0 unspecified atom stereocenters. The molecule has 1 N–H and O–H groups in total. The highest BCUT2D eigenvalue weighted by atomic mass is 79.9. The van der Waals surface area contributed by atoms with E-state index in [0.717, 1.165) is 38.6 Å². The molecular weight excluding hydrogens is 582 g/mol. The van der Waals surface area contributed by atoms with Crippen LogP contribution in [0.25, 0.3) is 34.2 Å². The van der Waals surface area contributed by atoms with E-state index in [1.165, 1.54) is 10.1 Å². The van der Waals surface area contributed by atoms with Crippen LogP contribution in [-0.2, 0) is 10.2 Å². The summed E-state index contributed by atoms with van der Waals surface area (Å²) in [5.74, 6) is 2.12. The van der Waals surface area contributed by atoms with Gasteiger partial charge >= 0.3 is 6.09 Å². The van der Waals surface area contributed by atoms with Crippen molar-refractivity contribution in [1.29, 1.82) is 0 Å². The first kappa shape index (κ1) is 27.1. The number of carbonyl (C=O) groups excluding carboxylic acids is 1. The predicted molar refractivity (Wildman–Crippen MR) is 162 cm³/mol. The summed E-state index contributed by atoms with van der Waals surface area (Å²) in [6.07, 6.45) is 4.40. The van der Waals surface area contributed by atoms with Crippen LogP contribution in [0.5, 0.6) is 5.75 Å². The first-order chi connectivity index (χ1) is 19.4. The van der Waals surface area contributed by atoms with Gasteiger partial charge in [-0.05, 0) is 71.9 Å². The molecule has 3 aromatic heterocycles. The zero-order chi connectivity index (χ0) is 29.1. The van der Waals surface area contributed by atoms with Crippen LogP contribution in [-0.4, -0.2) is 35.8 Å². The fourth-order valence-corrected chi connectivity index (χ4v) is 5.37. The van der Waals surface area contributed by atoms with Crippen molar-refractivity contribution in [3.05, 3.63) is 88.9 Å². The van der Waals surface area contributed by atoms with Crippen LogP contribution in [0.15, 0.2) is 77.8 Å². The Bertz CT molecular complexity index is 1750. The molecule has 0 saturated carbocycles. The molecule has 9 heteroatoms. The maximum atomic E-state index is 12.7. The molecule has 0 amide bonds. The summed E-state index contributed by atoms with van der Waals surface area (Å²) in [5, 5.41) is 0. The molecule has 6 rings (SSSR count). The number of benzene rings is 2. The van der Waals surface area contributed by atoms with Crippen LogP contribution in [0.1, 0.15) is 58.9 Å². The van der Waals surface area contributed by atoms with Crippen LogP contribution in [0, 0.1) is 0 Å². The van der Waals surface area contributed by atoms with E-state index in [1.54, 1.807) is 24.7 Å². The standard InChI is InChI=1S/C32H32BrN5O3/c1-31(2,3)21-12-9-19(10-13-21)29-38-26(33)18-35-28(38)22-14-11-20(16-25(22)40-29)23-17-34-27(36-23)24-8-7-15-37(24)30(39)41-32(4,5)6/h7-18,29H,1-6H3,(H,34,36)/t29-/m0/s1. The van der Waals surface area contributed by atoms with E-state index in [4.69, 9.17) is 14.5 Å². The van der Waals surface area contributed by atoms with Gasteiger partial charge in [0.1, 0.15) is 21.8 Å². The van der Waals surface area contributed by atoms with Crippen molar-refractivity contribution in [2.45, 2.75) is 58.8 Å². The van der Waals surface area contributed by atoms with E-state index in [1.807, 2.05) is 45.0 Å². The van der Waals surface area contributed by atoms with Crippen molar-refractivity contribution in [3.63, 3.8) is 0 Å². The predicted octanol–water partition coefficient (Wildman–Crippen LogP) is 8.19. The molecule has 0 radical (unpaired) electrons. The van der Waals surface area contributed by atoms with Gasteiger partial charge in [-0.3, -0.25) is 4.57 Å². The molecule has 1 aliphatic rings. The van der Waals surface area contributed by atoms with Crippen molar-refractivity contribution in [2.24, 2.45) is 0 Å². The topological polar surface area (TPSA) is 87.0 Å². The normalized spacial score (nSPS) is 14.8. The first-order valence-electron chi connectivity index (χ1n) is 13.5. The summed E-state index contributed by atoms with van der Waals surface area (Å²) >= 11 is 3.66. The fourth-order valence-electron chi connectivity index (χ4n) is 4.91. The number of nitrogens with one attached hydrogen (secondary N) is 1. The lowest BCUT2D eigenvalue weighted by molar-refractivity contribution is 0.0540. The zero-order valence-corrected chi connectivity index (χ0v) is 25.5. The molecule has 0 fully saturated rings. The van der Waals surface area contributed by atoms with Crippen molar-refractivity contribution in [2.75, 3.05) is 0 Å². The van der Waals surface area contributed by atoms with Gasteiger partial charge in [0, 0.05) is 17.3 Å². The van der Waals surface area contributed by atoms with Gasteiger partial charge in [-0.2, -0.15) is 0 Å². The van der Waals surface area contributed by atoms with Crippen LogP contribution < -0.4 is 4.74 Å². The minimum Gasteiger partial charge on any atom is -0.465 e. The van der Waals surface area contributed by atoms with Crippen molar-refractivity contribution in [1.82, 2.24) is 24.1 Å². The van der Waals surface area contributed by atoms with E-state index in [9.17, 15) is 4.79 Å². The maximum Gasteiger partial charge on any atom is 0.419 e. The average molecular weight is 615 g/mol. The Morgan fingerprint density at radius 1 is 1.00 bits per heavy atom. The molecule has 0 saturated heterocycles. The Hall–Kier alpha value is -4.11. The Morgan fingerprint density at radius 3 is 2.46 bits per heavy atom. The fraction of sp³-hybridized carbons (Fsp3) is 0.281. The third-order valence-corrected chi connectivity index (χ3v) is 7.56. The Labute approximate surface area is 247 Å². The number of carbonyl (C=O) groups is 1. The first-order valence-corrected chi connectivity index (χ1v) is 14.3.